The number of fused-ring (bicyclic) bond motifs is 3. The standard InChI is InChI=1S/C15H20N4O/c1-9-17-13-5-6-16-14(13)15(18-9)19-10-3-2-4-11(19)8-12(20)7-10/h5-6,10-12,16,20H,2-4,7-8H2,1H3/t10-,11+,12?. The summed E-state index contributed by atoms with van der Waals surface area (Å²) in [6, 6.07) is 2.83. The molecule has 2 fully saturated rings. The van der Waals surface area contributed by atoms with Gasteiger partial charge in [0.1, 0.15) is 11.3 Å². The molecular weight excluding hydrogens is 252 g/mol. The van der Waals surface area contributed by atoms with Gasteiger partial charge in [0.2, 0.25) is 0 Å². The van der Waals surface area contributed by atoms with Crippen LogP contribution in [0, 0.1) is 6.92 Å². The number of nitrogens with zero attached hydrogens (tertiary/aromatic N) is 3. The van der Waals surface area contributed by atoms with Crippen molar-refractivity contribution >= 4 is 16.9 Å². The Bertz CT molecular complexity index is 624. The van der Waals surface area contributed by atoms with Crippen LogP contribution in [0.1, 0.15) is 37.9 Å². The first-order chi connectivity index (χ1) is 9.72. The van der Waals surface area contributed by atoms with Crippen LogP contribution < -0.4 is 4.90 Å². The zero-order valence-electron chi connectivity index (χ0n) is 11.7. The molecule has 5 nitrogen and oxygen atoms in total. The average molecular weight is 272 g/mol. The summed E-state index contributed by atoms with van der Waals surface area (Å²) < 4.78 is 0. The zero-order chi connectivity index (χ0) is 13.7. The normalized spacial score (nSPS) is 29.9. The van der Waals surface area contributed by atoms with E-state index in [9.17, 15) is 5.11 Å². The maximum absolute atomic E-state index is 10.0. The molecule has 2 bridgehead atoms. The van der Waals surface area contributed by atoms with Gasteiger partial charge in [-0.25, -0.2) is 9.97 Å². The van der Waals surface area contributed by atoms with Crippen molar-refractivity contribution in [1.29, 1.82) is 0 Å². The van der Waals surface area contributed by atoms with Gasteiger partial charge < -0.3 is 15.0 Å². The number of anilines is 1. The molecule has 0 saturated carbocycles. The number of aromatic nitrogens is 3. The highest BCUT2D eigenvalue weighted by molar-refractivity contribution is 5.86. The van der Waals surface area contributed by atoms with E-state index in [4.69, 9.17) is 4.98 Å². The third kappa shape index (κ3) is 1.80. The molecule has 106 valence electrons. The van der Waals surface area contributed by atoms with Crippen molar-refractivity contribution in [3.8, 4) is 0 Å². The molecule has 2 N–H and O–H groups in total. The number of H-pyrrole nitrogens is 1. The van der Waals surface area contributed by atoms with E-state index in [2.05, 4.69) is 14.9 Å². The van der Waals surface area contributed by atoms with Crippen LogP contribution in [0.25, 0.3) is 11.0 Å². The Hall–Kier alpha value is -1.62. The largest absolute Gasteiger partial charge is 0.393 e. The number of rotatable bonds is 1. The molecule has 2 aromatic heterocycles. The minimum atomic E-state index is -0.149. The van der Waals surface area contributed by atoms with Crippen LogP contribution in [-0.2, 0) is 0 Å². The predicted octanol–water partition coefficient (Wildman–Crippen LogP) is 2.15. The molecule has 0 spiro atoms. The van der Waals surface area contributed by atoms with Crippen LogP contribution in [0.4, 0.5) is 5.82 Å². The second-order valence-corrected chi connectivity index (χ2v) is 6.10. The number of aliphatic hydroxyl groups excluding tert-OH is 1. The van der Waals surface area contributed by atoms with Crippen molar-refractivity contribution in [3.05, 3.63) is 18.1 Å². The second kappa shape index (κ2) is 4.45. The average Bonchev–Trinajstić information content (AvgIpc) is 2.84. The summed E-state index contributed by atoms with van der Waals surface area (Å²) in [6.45, 7) is 1.95. The maximum Gasteiger partial charge on any atom is 0.157 e. The maximum atomic E-state index is 10.0. The fourth-order valence-electron chi connectivity index (χ4n) is 3.93. The quantitative estimate of drug-likeness (QED) is 0.835. The molecule has 0 radical (unpaired) electrons. The van der Waals surface area contributed by atoms with Crippen LogP contribution in [0.3, 0.4) is 0 Å². The number of aryl methyl sites for hydroxylation is 1. The van der Waals surface area contributed by atoms with E-state index in [1.807, 2.05) is 19.2 Å². The van der Waals surface area contributed by atoms with Crippen LogP contribution in [0.15, 0.2) is 12.3 Å². The molecule has 2 saturated heterocycles. The third-order valence-electron chi connectivity index (χ3n) is 4.69. The van der Waals surface area contributed by atoms with Crippen molar-refractivity contribution < 1.29 is 5.11 Å². The van der Waals surface area contributed by atoms with E-state index >= 15 is 0 Å². The number of aliphatic hydroxyl groups is 1. The predicted molar refractivity (Wildman–Crippen MR) is 77.8 cm³/mol. The number of hydrogen-bond donors (Lipinski definition) is 2. The monoisotopic (exact) mass is 272 g/mol. The molecule has 3 atom stereocenters. The van der Waals surface area contributed by atoms with Gasteiger partial charge in [-0.05, 0) is 45.1 Å². The van der Waals surface area contributed by atoms with E-state index in [0.29, 0.717) is 12.1 Å². The van der Waals surface area contributed by atoms with Gasteiger partial charge in [0, 0.05) is 18.3 Å². The molecule has 0 aliphatic carbocycles. The number of hydrogen-bond acceptors (Lipinski definition) is 4. The van der Waals surface area contributed by atoms with E-state index < -0.39 is 0 Å². The summed E-state index contributed by atoms with van der Waals surface area (Å²) in [5, 5.41) is 10.0. The highest BCUT2D eigenvalue weighted by atomic mass is 16.3. The molecule has 2 aromatic rings. The Balaban J connectivity index is 1.84. The first-order valence-corrected chi connectivity index (χ1v) is 7.50. The first-order valence-electron chi connectivity index (χ1n) is 7.50. The van der Waals surface area contributed by atoms with Crippen molar-refractivity contribution in [1.82, 2.24) is 15.0 Å². The fourth-order valence-corrected chi connectivity index (χ4v) is 3.93. The SMILES string of the molecule is Cc1nc(N2[C@@H]3CCC[C@H]2CC(O)C3)c2[nH]ccc2n1. The Morgan fingerprint density at radius 2 is 2.00 bits per heavy atom. The summed E-state index contributed by atoms with van der Waals surface area (Å²) in [4.78, 5) is 14.9. The third-order valence-corrected chi connectivity index (χ3v) is 4.69. The minimum Gasteiger partial charge on any atom is -0.393 e. The highest BCUT2D eigenvalue weighted by Crippen LogP contribution is 2.38. The summed E-state index contributed by atoms with van der Waals surface area (Å²) in [6.07, 6.45) is 7.07. The Morgan fingerprint density at radius 1 is 1.25 bits per heavy atom. The molecular formula is C15H20N4O. The fraction of sp³-hybridized carbons (Fsp3) is 0.600. The molecule has 0 aromatic carbocycles. The lowest BCUT2D eigenvalue weighted by Gasteiger charge is -2.48. The van der Waals surface area contributed by atoms with Crippen molar-refractivity contribution in [2.45, 2.75) is 57.2 Å². The van der Waals surface area contributed by atoms with Gasteiger partial charge in [0.05, 0.1) is 11.6 Å². The number of piperidine rings is 2. The molecule has 2 aliphatic rings. The van der Waals surface area contributed by atoms with Crippen molar-refractivity contribution in [3.63, 3.8) is 0 Å². The highest BCUT2D eigenvalue weighted by Gasteiger charge is 2.39. The molecule has 5 heteroatoms. The van der Waals surface area contributed by atoms with Crippen LogP contribution in [-0.4, -0.2) is 38.2 Å². The lowest BCUT2D eigenvalue weighted by Crippen LogP contribution is -2.54. The van der Waals surface area contributed by atoms with Gasteiger partial charge in [-0.2, -0.15) is 0 Å². The lowest BCUT2D eigenvalue weighted by molar-refractivity contribution is 0.0925. The topological polar surface area (TPSA) is 65.0 Å². The Labute approximate surface area is 118 Å². The van der Waals surface area contributed by atoms with Crippen molar-refractivity contribution in [2.24, 2.45) is 0 Å². The van der Waals surface area contributed by atoms with E-state index in [1.54, 1.807) is 0 Å². The summed E-state index contributed by atoms with van der Waals surface area (Å²) in [7, 11) is 0. The molecule has 0 amide bonds. The Morgan fingerprint density at radius 3 is 2.75 bits per heavy atom. The molecule has 20 heavy (non-hydrogen) atoms. The van der Waals surface area contributed by atoms with Gasteiger partial charge in [-0.1, -0.05) is 0 Å². The van der Waals surface area contributed by atoms with Crippen molar-refractivity contribution in [2.75, 3.05) is 4.90 Å². The van der Waals surface area contributed by atoms with Gasteiger partial charge in [0.25, 0.3) is 0 Å². The summed E-state index contributed by atoms with van der Waals surface area (Å²) >= 11 is 0. The minimum absolute atomic E-state index is 0.149. The smallest absolute Gasteiger partial charge is 0.157 e. The lowest BCUT2D eigenvalue weighted by atomic mass is 9.83. The second-order valence-electron chi connectivity index (χ2n) is 6.10. The first kappa shape index (κ1) is 12.1. The van der Waals surface area contributed by atoms with Crippen LogP contribution in [0.2, 0.25) is 0 Å². The summed E-state index contributed by atoms with van der Waals surface area (Å²) in [5.41, 5.74) is 2.01. The van der Waals surface area contributed by atoms with E-state index in [0.717, 1.165) is 48.4 Å². The van der Waals surface area contributed by atoms with Gasteiger partial charge in [-0.15, -0.1) is 0 Å². The molecule has 4 rings (SSSR count). The zero-order valence-corrected chi connectivity index (χ0v) is 11.7. The molecule has 2 aliphatic heterocycles. The van der Waals surface area contributed by atoms with Gasteiger partial charge in [0.15, 0.2) is 5.82 Å². The Kier molecular flexibility index (Phi) is 2.70. The van der Waals surface area contributed by atoms with Gasteiger partial charge >= 0.3 is 0 Å². The molecule has 1 unspecified atom stereocenters. The number of aromatic amines is 1. The van der Waals surface area contributed by atoms with Crippen LogP contribution in [0.5, 0.6) is 0 Å². The van der Waals surface area contributed by atoms with Crippen LogP contribution >= 0.6 is 0 Å². The summed E-state index contributed by atoms with van der Waals surface area (Å²) in [5.74, 6) is 1.84. The molecule has 4 heterocycles. The van der Waals surface area contributed by atoms with E-state index in [1.165, 1.54) is 6.42 Å². The van der Waals surface area contributed by atoms with E-state index in [-0.39, 0.29) is 6.10 Å². The number of nitrogens with one attached hydrogen (secondary N) is 1. The van der Waals surface area contributed by atoms with Gasteiger partial charge in [-0.3, -0.25) is 0 Å².